The van der Waals surface area contributed by atoms with Crippen LogP contribution in [0, 0.1) is 0 Å². The molecule has 1 aliphatic heterocycles. The van der Waals surface area contributed by atoms with Gasteiger partial charge in [-0.2, -0.15) is 11.3 Å². The van der Waals surface area contributed by atoms with Gasteiger partial charge < -0.3 is 10.1 Å². The minimum Gasteiger partial charge on any atom is -0.480 e. The van der Waals surface area contributed by atoms with Gasteiger partial charge in [-0.1, -0.05) is 0 Å². The summed E-state index contributed by atoms with van der Waals surface area (Å²) in [6.07, 6.45) is 2.07. The molecule has 2 unspecified atom stereocenters. The molecule has 3 N–H and O–H groups in total. The average molecular weight is 249 g/mol. The number of aromatic nitrogens is 2. The smallest absolute Gasteiger partial charge is 0.321 e. The maximum absolute atomic E-state index is 11.1. The summed E-state index contributed by atoms with van der Waals surface area (Å²) in [5.41, 5.74) is 2.88. The Hall–Kier alpha value is -1.66. The zero-order valence-electron chi connectivity index (χ0n) is 8.88. The number of carboxylic acid groups (broad SMARTS) is 1. The summed E-state index contributed by atoms with van der Waals surface area (Å²) in [4.78, 5) is 18.4. The van der Waals surface area contributed by atoms with Gasteiger partial charge in [0.1, 0.15) is 6.04 Å². The van der Waals surface area contributed by atoms with Gasteiger partial charge in [0.05, 0.1) is 18.1 Å². The molecule has 0 aromatic carbocycles. The molecular formula is C11H11N3O2S. The molecule has 0 aliphatic carbocycles. The third-order valence-corrected chi connectivity index (χ3v) is 3.68. The van der Waals surface area contributed by atoms with E-state index in [4.69, 9.17) is 5.11 Å². The minimum absolute atomic E-state index is 0.127. The van der Waals surface area contributed by atoms with E-state index < -0.39 is 12.0 Å². The van der Waals surface area contributed by atoms with Crippen LogP contribution >= 0.6 is 11.3 Å². The fourth-order valence-corrected chi connectivity index (χ4v) is 2.83. The lowest BCUT2D eigenvalue weighted by Gasteiger charge is -2.27. The second-order valence-electron chi connectivity index (χ2n) is 4.02. The van der Waals surface area contributed by atoms with Gasteiger partial charge in [-0.25, -0.2) is 4.98 Å². The number of imidazole rings is 1. The SMILES string of the molecule is O=C(O)C1Cc2[nH]cnc2C(c2ccsc2)N1. The number of carbonyl (C=O) groups is 1. The number of hydrogen-bond acceptors (Lipinski definition) is 4. The molecule has 0 fully saturated rings. The van der Waals surface area contributed by atoms with Crippen molar-refractivity contribution in [3.8, 4) is 0 Å². The molecule has 0 saturated carbocycles. The summed E-state index contributed by atoms with van der Waals surface area (Å²) in [6.45, 7) is 0. The van der Waals surface area contributed by atoms with E-state index in [9.17, 15) is 4.79 Å². The van der Waals surface area contributed by atoms with E-state index in [1.54, 1.807) is 17.7 Å². The Labute approximate surface area is 102 Å². The molecule has 0 amide bonds. The van der Waals surface area contributed by atoms with Crippen molar-refractivity contribution >= 4 is 17.3 Å². The van der Waals surface area contributed by atoms with Crippen LogP contribution in [0.25, 0.3) is 0 Å². The van der Waals surface area contributed by atoms with Crippen molar-refractivity contribution < 1.29 is 9.90 Å². The molecule has 3 heterocycles. The monoisotopic (exact) mass is 249 g/mol. The Morgan fingerprint density at radius 1 is 1.59 bits per heavy atom. The molecule has 0 spiro atoms. The molecule has 17 heavy (non-hydrogen) atoms. The molecule has 0 bridgehead atoms. The van der Waals surface area contributed by atoms with Gasteiger partial charge in [0.15, 0.2) is 0 Å². The molecule has 0 saturated heterocycles. The van der Waals surface area contributed by atoms with Crippen molar-refractivity contribution in [1.29, 1.82) is 0 Å². The van der Waals surface area contributed by atoms with E-state index in [2.05, 4.69) is 15.3 Å². The zero-order chi connectivity index (χ0) is 11.8. The Bertz CT molecular complexity index is 535. The van der Waals surface area contributed by atoms with Gasteiger partial charge >= 0.3 is 5.97 Å². The number of rotatable bonds is 2. The van der Waals surface area contributed by atoms with Gasteiger partial charge in [0, 0.05) is 12.1 Å². The molecule has 2 aromatic rings. The van der Waals surface area contributed by atoms with Gasteiger partial charge in [-0.15, -0.1) is 0 Å². The standard InChI is InChI=1S/C11H11N3O2S/c15-11(16)8-3-7-10(13-5-12-7)9(14-8)6-1-2-17-4-6/h1-2,4-5,8-9,14H,3H2,(H,12,13)(H,15,16). The van der Waals surface area contributed by atoms with Crippen molar-refractivity contribution in [3.05, 3.63) is 40.1 Å². The highest BCUT2D eigenvalue weighted by Gasteiger charge is 2.33. The number of hydrogen-bond donors (Lipinski definition) is 3. The number of nitrogens with one attached hydrogen (secondary N) is 2. The van der Waals surface area contributed by atoms with Crippen LogP contribution in [-0.4, -0.2) is 27.1 Å². The number of nitrogens with zero attached hydrogens (tertiary/aromatic N) is 1. The fraction of sp³-hybridized carbons (Fsp3) is 0.273. The minimum atomic E-state index is -0.828. The molecular weight excluding hydrogens is 238 g/mol. The van der Waals surface area contributed by atoms with E-state index in [1.165, 1.54) is 0 Å². The van der Waals surface area contributed by atoms with Crippen LogP contribution in [0.3, 0.4) is 0 Å². The van der Waals surface area contributed by atoms with Crippen LogP contribution in [0.5, 0.6) is 0 Å². The lowest BCUT2D eigenvalue weighted by molar-refractivity contribution is -0.139. The molecule has 1 aliphatic rings. The second-order valence-corrected chi connectivity index (χ2v) is 4.80. The summed E-state index contributed by atoms with van der Waals surface area (Å²) in [5.74, 6) is -0.828. The maximum atomic E-state index is 11.1. The number of fused-ring (bicyclic) bond motifs is 1. The van der Waals surface area contributed by atoms with Gasteiger partial charge in [0.2, 0.25) is 0 Å². The number of carboxylic acids is 1. The average Bonchev–Trinajstić information content (AvgIpc) is 2.98. The Morgan fingerprint density at radius 3 is 3.18 bits per heavy atom. The number of aromatic amines is 1. The Balaban J connectivity index is 2.01. The van der Waals surface area contributed by atoms with Gasteiger partial charge in [0.25, 0.3) is 0 Å². The van der Waals surface area contributed by atoms with E-state index in [-0.39, 0.29) is 6.04 Å². The normalized spacial score (nSPS) is 23.3. The first-order valence-corrected chi connectivity index (χ1v) is 6.23. The van der Waals surface area contributed by atoms with Crippen molar-refractivity contribution in [2.24, 2.45) is 0 Å². The lowest BCUT2D eigenvalue weighted by Crippen LogP contribution is -2.45. The fourth-order valence-electron chi connectivity index (χ4n) is 2.14. The number of thiophene rings is 1. The number of H-pyrrole nitrogens is 1. The zero-order valence-corrected chi connectivity index (χ0v) is 9.70. The van der Waals surface area contributed by atoms with Crippen LogP contribution in [0.1, 0.15) is 23.0 Å². The summed E-state index contributed by atoms with van der Waals surface area (Å²) in [6, 6.07) is 1.30. The molecule has 6 heteroatoms. The largest absolute Gasteiger partial charge is 0.480 e. The van der Waals surface area contributed by atoms with Crippen LogP contribution in [0.2, 0.25) is 0 Å². The molecule has 2 aromatic heterocycles. The molecule has 2 atom stereocenters. The Morgan fingerprint density at radius 2 is 2.47 bits per heavy atom. The summed E-state index contributed by atoms with van der Waals surface area (Å²) >= 11 is 1.59. The van der Waals surface area contributed by atoms with Crippen LogP contribution < -0.4 is 5.32 Å². The summed E-state index contributed by atoms with van der Waals surface area (Å²) < 4.78 is 0. The highest BCUT2D eigenvalue weighted by atomic mass is 32.1. The second kappa shape index (κ2) is 3.97. The first-order chi connectivity index (χ1) is 8.25. The predicted octanol–water partition coefficient (Wildman–Crippen LogP) is 1.16. The molecule has 3 rings (SSSR count). The molecule has 88 valence electrons. The highest BCUT2D eigenvalue weighted by Crippen LogP contribution is 2.29. The van der Waals surface area contributed by atoms with E-state index >= 15 is 0 Å². The van der Waals surface area contributed by atoms with Gasteiger partial charge in [-0.05, 0) is 22.4 Å². The molecule has 0 radical (unpaired) electrons. The predicted molar refractivity (Wildman–Crippen MR) is 63.0 cm³/mol. The summed E-state index contributed by atoms with van der Waals surface area (Å²) in [5, 5.41) is 16.2. The van der Waals surface area contributed by atoms with Crippen LogP contribution in [-0.2, 0) is 11.2 Å². The van der Waals surface area contributed by atoms with Gasteiger partial charge in [-0.3, -0.25) is 10.1 Å². The van der Waals surface area contributed by atoms with Crippen molar-refractivity contribution in [2.75, 3.05) is 0 Å². The highest BCUT2D eigenvalue weighted by molar-refractivity contribution is 7.08. The van der Waals surface area contributed by atoms with E-state index in [0.29, 0.717) is 6.42 Å². The molecule has 5 nitrogen and oxygen atoms in total. The van der Waals surface area contributed by atoms with E-state index in [0.717, 1.165) is 17.0 Å². The third kappa shape index (κ3) is 1.75. The quantitative estimate of drug-likeness (QED) is 0.746. The van der Waals surface area contributed by atoms with Crippen molar-refractivity contribution in [2.45, 2.75) is 18.5 Å². The topological polar surface area (TPSA) is 78.0 Å². The first-order valence-electron chi connectivity index (χ1n) is 5.29. The third-order valence-electron chi connectivity index (χ3n) is 2.98. The van der Waals surface area contributed by atoms with Crippen LogP contribution in [0.15, 0.2) is 23.2 Å². The van der Waals surface area contributed by atoms with E-state index in [1.807, 2.05) is 16.8 Å². The maximum Gasteiger partial charge on any atom is 0.321 e. The lowest BCUT2D eigenvalue weighted by atomic mass is 9.96. The first kappa shape index (κ1) is 10.5. The van der Waals surface area contributed by atoms with Crippen LogP contribution in [0.4, 0.5) is 0 Å². The summed E-state index contributed by atoms with van der Waals surface area (Å²) in [7, 11) is 0. The van der Waals surface area contributed by atoms with Crippen molar-refractivity contribution in [3.63, 3.8) is 0 Å². The van der Waals surface area contributed by atoms with Crippen molar-refractivity contribution in [1.82, 2.24) is 15.3 Å². The number of aliphatic carboxylic acids is 1. The Kier molecular flexibility index (Phi) is 2.45.